The Morgan fingerprint density at radius 3 is 2.21 bits per heavy atom. The molecule has 1 N–H and O–H groups in total. The van der Waals surface area contributed by atoms with Gasteiger partial charge in [-0.1, -0.05) is 48.0 Å². The zero-order valence-electron chi connectivity index (χ0n) is 16.6. The Morgan fingerprint density at radius 1 is 1.04 bits per heavy atom. The summed E-state index contributed by atoms with van der Waals surface area (Å²) in [5.74, 6) is 0. The van der Waals surface area contributed by atoms with Gasteiger partial charge < -0.3 is 10.1 Å². The molecule has 2 aromatic carbocycles. The molecule has 1 amide bonds. The van der Waals surface area contributed by atoms with Crippen molar-refractivity contribution in [2.45, 2.75) is 50.7 Å². The number of benzene rings is 2. The van der Waals surface area contributed by atoms with Crippen molar-refractivity contribution in [2.24, 2.45) is 0 Å². The van der Waals surface area contributed by atoms with E-state index in [1.165, 1.54) is 12.1 Å². The van der Waals surface area contributed by atoms with Crippen LogP contribution in [0, 0.1) is 6.92 Å². The highest BCUT2D eigenvalue weighted by atomic mass is 32.2. The number of carbonyl (C=O) groups excluding carboxylic acids is 1. The van der Waals surface area contributed by atoms with E-state index in [1.54, 1.807) is 32.9 Å². The van der Waals surface area contributed by atoms with Crippen LogP contribution in [0.3, 0.4) is 0 Å². The summed E-state index contributed by atoms with van der Waals surface area (Å²) in [5.41, 5.74) is 1.24. The third kappa shape index (κ3) is 7.32. The Balaban J connectivity index is 2.09. The molecule has 28 heavy (non-hydrogen) atoms. The number of rotatable bonds is 7. The second-order valence-corrected chi connectivity index (χ2v) is 9.20. The molecule has 152 valence electrons. The number of hydrogen-bond acceptors (Lipinski definition) is 5. The molecule has 0 saturated heterocycles. The summed E-state index contributed by atoms with van der Waals surface area (Å²) in [6.45, 7) is 6.95. The molecule has 0 aromatic heterocycles. The van der Waals surface area contributed by atoms with E-state index < -0.39 is 27.9 Å². The second kappa shape index (κ2) is 9.21. The lowest BCUT2D eigenvalue weighted by atomic mass is 10.1. The first-order valence-corrected chi connectivity index (χ1v) is 10.5. The lowest BCUT2D eigenvalue weighted by Crippen LogP contribution is -2.43. The van der Waals surface area contributed by atoms with Gasteiger partial charge in [0.25, 0.3) is 10.1 Å². The normalized spacial score (nSPS) is 13.0. The molecule has 2 rings (SSSR count). The predicted octanol–water partition coefficient (Wildman–Crippen LogP) is 3.84. The minimum Gasteiger partial charge on any atom is -0.444 e. The first-order valence-electron chi connectivity index (χ1n) is 9.05. The standard InChI is InChI=1S/C21H27NO5S/c1-16-10-12-19(13-11-16)28(24,25)26-15-18(14-17-8-6-5-7-9-17)22-20(23)27-21(2,3)4/h5-13,18H,14-15H2,1-4H3,(H,22,23). The van der Waals surface area contributed by atoms with E-state index in [-0.39, 0.29) is 11.5 Å². The number of alkyl carbamates (subject to hydrolysis) is 1. The van der Waals surface area contributed by atoms with Crippen LogP contribution in [0.25, 0.3) is 0 Å². The number of aryl methyl sites for hydroxylation is 1. The molecular weight excluding hydrogens is 378 g/mol. The third-order valence-electron chi connectivity index (χ3n) is 3.78. The maximum Gasteiger partial charge on any atom is 0.407 e. The zero-order valence-corrected chi connectivity index (χ0v) is 17.5. The minimum atomic E-state index is -3.93. The van der Waals surface area contributed by atoms with Gasteiger partial charge >= 0.3 is 6.09 Å². The zero-order chi connectivity index (χ0) is 20.8. The number of hydrogen-bond donors (Lipinski definition) is 1. The molecule has 0 aliphatic carbocycles. The molecule has 0 bridgehead atoms. The predicted molar refractivity (Wildman–Crippen MR) is 108 cm³/mol. The average Bonchev–Trinajstić information content (AvgIpc) is 2.59. The lowest BCUT2D eigenvalue weighted by molar-refractivity contribution is 0.0488. The van der Waals surface area contributed by atoms with Crippen LogP contribution in [-0.4, -0.2) is 32.8 Å². The molecule has 0 radical (unpaired) electrons. The van der Waals surface area contributed by atoms with Gasteiger partial charge in [0.2, 0.25) is 0 Å². The summed E-state index contributed by atoms with van der Waals surface area (Å²) in [4.78, 5) is 12.2. The topological polar surface area (TPSA) is 81.7 Å². The van der Waals surface area contributed by atoms with Crippen LogP contribution in [0.15, 0.2) is 59.5 Å². The van der Waals surface area contributed by atoms with Crippen molar-refractivity contribution in [1.29, 1.82) is 0 Å². The van der Waals surface area contributed by atoms with Crippen LogP contribution >= 0.6 is 0 Å². The van der Waals surface area contributed by atoms with Crippen LogP contribution in [0.4, 0.5) is 4.79 Å². The molecule has 0 aliphatic heterocycles. The largest absolute Gasteiger partial charge is 0.444 e. The van der Waals surface area contributed by atoms with Crippen LogP contribution in [0.1, 0.15) is 31.9 Å². The Labute approximate surface area is 167 Å². The molecule has 0 spiro atoms. The van der Waals surface area contributed by atoms with Crippen molar-refractivity contribution in [3.63, 3.8) is 0 Å². The lowest BCUT2D eigenvalue weighted by Gasteiger charge is -2.23. The number of carbonyl (C=O) groups is 1. The molecule has 2 aromatic rings. The van der Waals surface area contributed by atoms with Crippen LogP contribution < -0.4 is 5.32 Å². The van der Waals surface area contributed by atoms with Crippen molar-refractivity contribution < 1.29 is 22.1 Å². The second-order valence-electron chi connectivity index (χ2n) is 7.58. The first-order chi connectivity index (χ1) is 13.0. The van der Waals surface area contributed by atoms with Gasteiger partial charge in [-0.25, -0.2) is 4.79 Å². The van der Waals surface area contributed by atoms with Gasteiger partial charge in [-0.2, -0.15) is 8.42 Å². The highest BCUT2D eigenvalue weighted by Gasteiger charge is 2.23. The van der Waals surface area contributed by atoms with E-state index in [0.717, 1.165) is 11.1 Å². The molecule has 0 heterocycles. The van der Waals surface area contributed by atoms with Crippen LogP contribution in [-0.2, 0) is 25.5 Å². The average molecular weight is 406 g/mol. The molecule has 1 unspecified atom stereocenters. The van der Waals surface area contributed by atoms with E-state index in [0.29, 0.717) is 6.42 Å². The molecule has 1 atom stereocenters. The fourth-order valence-corrected chi connectivity index (χ4v) is 3.42. The number of amides is 1. The van der Waals surface area contributed by atoms with E-state index in [4.69, 9.17) is 8.92 Å². The third-order valence-corrected chi connectivity index (χ3v) is 5.08. The molecule has 0 fully saturated rings. The van der Waals surface area contributed by atoms with Gasteiger partial charge in [0.1, 0.15) is 5.60 Å². The minimum absolute atomic E-state index is 0.0776. The van der Waals surface area contributed by atoms with E-state index in [1.807, 2.05) is 37.3 Å². The summed E-state index contributed by atoms with van der Waals surface area (Å²) >= 11 is 0. The SMILES string of the molecule is Cc1ccc(S(=O)(=O)OCC(Cc2ccccc2)NC(=O)OC(C)(C)C)cc1. The maximum absolute atomic E-state index is 12.4. The van der Waals surface area contributed by atoms with Gasteiger partial charge in [0.15, 0.2) is 0 Å². The van der Waals surface area contributed by atoms with E-state index in [9.17, 15) is 13.2 Å². The maximum atomic E-state index is 12.4. The Bertz CT molecular complexity index is 871. The Morgan fingerprint density at radius 2 is 1.64 bits per heavy atom. The molecule has 6 nitrogen and oxygen atoms in total. The van der Waals surface area contributed by atoms with Crippen molar-refractivity contribution in [3.8, 4) is 0 Å². The fraction of sp³-hybridized carbons (Fsp3) is 0.381. The van der Waals surface area contributed by atoms with Crippen molar-refractivity contribution in [2.75, 3.05) is 6.61 Å². The highest BCUT2D eigenvalue weighted by molar-refractivity contribution is 7.86. The van der Waals surface area contributed by atoms with E-state index >= 15 is 0 Å². The molecule has 0 aliphatic rings. The monoisotopic (exact) mass is 405 g/mol. The molecule has 7 heteroatoms. The van der Waals surface area contributed by atoms with Gasteiger partial charge in [-0.3, -0.25) is 4.18 Å². The molecule has 0 saturated carbocycles. The van der Waals surface area contributed by atoms with Gasteiger partial charge in [-0.15, -0.1) is 0 Å². The van der Waals surface area contributed by atoms with Crippen molar-refractivity contribution in [1.82, 2.24) is 5.32 Å². The Kier molecular flexibility index (Phi) is 7.21. The van der Waals surface area contributed by atoms with Gasteiger partial charge in [-0.05, 0) is 51.8 Å². The summed E-state index contributed by atoms with van der Waals surface area (Å²) in [7, 11) is -3.93. The summed E-state index contributed by atoms with van der Waals surface area (Å²) < 4.78 is 35.4. The first kappa shape index (κ1) is 21.9. The van der Waals surface area contributed by atoms with Crippen molar-refractivity contribution in [3.05, 3.63) is 65.7 Å². The number of ether oxygens (including phenoxy) is 1. The number of nitrogens with one attached hydrogen (secondary N) is 1. The van der Waals surface area contributed by atoms with Gasteiger partial charge in [0.05, 0.1) is 17.5 Å². The summed E-state index contributed by atoms with van der Waals surface area (Å²) in [6.07, 6.45) is -0.214. The van der Waals surface area contributed by atoms with Crippen LogP contribution in [0.2, 0.25) is 0 Å². The Hall–Kier alpha value is -2.38. The van der Waals surface area contributed by atoms with Crippen LogP contribution in [0.5, 0.6) is 0 Å². The van der Waals surface area contributed by atoms with Crippen molar-refractivity contribution >= 4 is 16.2 Å². The highest BCUT2D eigenvalue weighted by Crippen LogP contribution is 2.15. The fourth-order valence-electron chi connectivity index (χ4n) is 2.47. The quantitative estimate of drug-likeness (QED) is 0.708. The molecular formula is C21H27NO5S. The van der Waals surface area contributed by atoms with E-state index in [2.05, 4.69) is 5.32 Å². The summed E-state index contributed by atoms with van der Waals surface area (Å²) in [5, 5.41) is 2.70. The van der Waals surface area contributed by atoms with Gasteiger partial charge in [0, 0.05) is 0 Å². The smallest absolute Gasteiger partial charge is 0.407 e. The summed E-state index contributed by atoms with van der Waals surface area (Å²) in [6, 6.07) is 15.3.